The SMILES string of the molecule is CC(C)Cc1cccc2c1sc1c(-c3[c-]c4ccccc4c(C(C)(C)C)c3)nccc12.CN1[CH-]N(/C=C(\O)CC(C)(C)C)c2ccccc21.[Ir]. The third-order valence-corrected chi connectivity index (χ3v) is 10.1. The van der Waals surface area contributed by atoms with Gasteiger partial charge in [0.2, 0.25) is 0 Å². The Kier molecular flexibility index (Phi) is 11.2. The Labute approximate surface area is 316 Å². The Bertz CT molecular complexity index is 2150. The van der Waals surface area contributed by atoms with Gasteiger partial charge in [0.15, 0.2) is 0 Å². The number of allylic oxidation sites excluding steroid dienone is 1. The molecule has 1 N–H and O–H groups in total. The molecule has 6 aromatic rings. The Morgan fingerprint density at radius 2 is 1.54 bits per heavy atom. The van der Waals surface area contributed by atoms with Crippen molar-refractivity contribution in [1.82, 2.24) is 4.98 Å². The number of aromatic nitrogens is 1. The zero-order valence-electron chi connectivity index (χ0n) is 30.8. The minimum absolute atomic E-state index is 0. The number of thiophene rings is 1. The number of pyridine rings is 1. The van der Waals surface area contributed by atoms with E-state index in [1.165, 1.54) is 36.7 Å². The fraction of sp³-hybridized carbons (Fsp3) is 0.318. The van der Waals surface area contributed by atoms with Gasteiger partial charge in [-0.1, -0.05) is 115 Å². The molecule has 0 atom stereocenters. The van der Waals surface area contributed by atoms with Crippen molar-refractivity contribution < 1.29 is 25.2 Å². The van der Waals surface area contributed by atoms with E-state index in [2.05, 4.69) is 133 Å². The molecule has 0 fully saturated rings. The third kappa shape index (κ3) is 8.09. The number of aliphatic hydroxyl groups is 1. The van der Waals surface area contributed by atoms with Gasteiger partial charge in [-0.15, -0.1) is 40.5 Å². The van der Waals surface area contributed by atoms with E-state index in [1.807, 2.05) is 48.3 Å². The van der Waals surface area contributed by atoms with Gasteiger partial charge in [0.05, 0.1) is 0 Å². The van der Waals surface area contributed by atoms with Crippen LogP contribution in [0, 0.1) is 24.1 Å². The van der Waals surface area contributed by atoms with Crippen LogP contribution in [0.3, 0.4) is 0 Å². The normalized spacial score (nSPS) is 13.5. The van der Waals surface area contributed by atoms with Gasteiger partial charge >= 0.3 is 0 Å². The molecule has 0 saturated heterocycles. The maximum atomic E-state index is 10.0. The van der Waals surface area contributed by atoms with Crippen LogP contribution in [-0.2, 0) is 31.9 Å². The molecule has 0 bridgehead atoms. The summed E-state index contributed by atoms with van der Waals surface area (Å²) in [4.78, 5) is 8.89. The molecule has 4 aromatic carbocycles. The van der Waals surface area contributed by atoms with Gasteiger partial charge in [0.25, 0.3) is 0 Å². The molecule has 0 unspecified atom stereocenters. The molecule has 0 amide bonds. The largest absolute Gasteiger partial charge is 0.511 e. The smallest absolute Gasteiger partial charge is 0.106 e. The molecular formula is C44H49IrN3OS-2. The number of hydrogen-bond acceptors (Lipinski definition) is 5. The summed E-state index contributed by atoms with van der Waals surface area (Å²) in [6.07, 6.45) is 5.53. The number of nitrogens with zero attached hydrogens (tertiary/aromatic N) is 3. The Balaban J connectivity index is 0.000000219. The van der Waals surface area contributed by atoms with Gasteiger partial charge in [0, 0.05) is 70.8 Å². The van der Waals surface area contributed by atoms with Gasteiger partial charge in [-0.2, -0.15) is 6.67 Å². The average Bonchev–Trinajstić information content (AvgIpc) is 3.57. The summed E-state index contributed by atoms with van der Waals surface area (Å²) in [5.74, 6) is 1.04. The van der Waals surface area contributed by atoms with Crippen LogP contribution in [0.5, 0.6) is 0 Å². The minimum Gasteiger partial charge on any atom is -0.511 e. The standard InChI is InChI=1S/C29H28NS.C15H21N2O.Ir/c1-18(2)15-20-10-8-12-23-24-13-14-30-26(28(24)31-27(20)23)21-16-19-9-6-7-11-22(19)25(17-21)29(3,4)5;1-15(2,3)9-12(18)10-17-11-16(4)13-7-5-6-8-14(13)17;/h6-14,17-18H,15H2,1-5H3;5-8,10-11,18H,9H2,1-4H3;/q2*-1;/b;12-10-;. The van der Waals surface area contributed by atoms with Crippen LogP contribution >= 0.6 is 11.3 Å². The predicted octanol–water partition coefficient (Wildman–Crippen LogP) is 12.5. The molecule has 263 valence electrons. The van der Waals surface area contributed by atoms with Crippen molar-refractivity contribution in [2.75, 3.05) is 16.8 Å². The maximum Gasteiger partial charge on any atom is 0.106 e. The van der Waals surface area contributed by atoms with Crippen molar-refractivity contribution in [2.24, 2.45) is 11.3 Å². The van der Waals surface area contributed by atoms with E-state index in [1.54, 1.807) is 6.20 Å². The topological polar surface area (TPSA) is 39.6 Å². The molecule has 0 aliphatic carbocycles. The maximum absolute atomic E-state index is 10.0. The monoisotopic (exact) mass is 860 g/mol. The summed E-state index contributed by atoms with van der Waals surface area (Å²) in [5, 5.41) is 15.1. The molecule has 7 rings (SSSR count). The quantitative estimate of drug-likeness (QED) is 0.138. The summed E-state index contributed by atoms with van der Waals surface area (Å²) >= 11 is 1.89. The van der Waals surface area contributed by atoms with Gasteiger partial charge in [-0.3, -0.25) is 4.98 Å². The predicted molar refractivity (Wildman–Crippen MR) is 213 cm³/mol. The van der Waals surface area contributed by atoms with Crippen LogP contribution in [0.25, 0.3) is 42.2 Å². The minimum atomic E-state index is 0. The van der Waals surface area contributed by atoms with Crippen LogP contribution in [0.4, 0.5) is 11.4 Å². The fourth-order valence-corrected chi connectivity index (χ4v) is 8.02. The van der Waals surface area contributed by atoms with Crippen molar-refractivity contribution in [2.45, 2.75) is 73.6 Å². The summed E-state index contributed by atoms with van der Waals surface area (Å²) in [6, 6.07) is 31.6. The van der Waals surface area contributed by atoms with Crippen LogP contribution in [0.2, 0.25) is 0 Å². The van der Waals surface area contributed by atoms with Crippen LogP contribution < -0.4 is 9.80 Å². The molecule has 50 heavy (non-hydrogen) atoms. The second kappa shape index (κ2) is 14.9. The molecule has 0 spiro atoms. The van der Waals surface area contributed by atoms with E-state index in [-0.39, 0.29) is 30.9 Å². The molecule has 4 nitrogen and oxygen atoms in total. The van der Waals surface area contributed by atoms with E-state index in [0.717, 1.165) is 34.4 Å². The zero-order chi connectivity index (χ0) is 35.1. The summed E-state index contributed by atoms with van der Waals surface area (Å²) in [7, 11) is 2.01. The van der Waals surface area contributed by atoms with Crippen molar-refractivity contribution in [3.8, 4) is 11.3 Å². The summed E-state index contributed by atoms with van der Waals surface area (Å²) in [5.41, 5.74) is 7.30. The first kappa shape index (κ1) is 37.6. The van der Waals surface area contributed by atoms with E-state index in [0.29, 0.717) is 18.1 Å². The van der Waals surface area contributed by atoms with Gasteiger partial charge < -0.3 is 14.9 Å². The van der Waals surface area contributed by atoms with Crippen LogP contribution in [0.1, 0.15) is 72.9 Å². The first-order chi connectivity index (χ1) is 23.2. The molecule has 0 saturated carbocycles. The number of benzene rings is 4. The van der Waals surface area contributed by atoms with Gasteiger partial charge in [-0.05, 0) is 59.4 Å². The van der Waals surface area contributed by atoms with Crippen molar-refractivity contribution in [1.29, 1.82) is 0 Å². The molecule has 2 aromatic heterocycles. The number of rotatable bonds is 5. The van der Waals surface area contributed by atoms with E-state index < -0.39 is 0 Å². The van der Waals surface area contributed by atoms with Crippen LogP contribution in [-0.4, -0.2) is 17.1 Å². The zero-order valence-corrected chi connectivity index (χ0v) is 34.0. The van der Waals surface area contributed by atoms with Gasteiger partial charge in [0.1, 0.15) is 5.76 Å². The number of fused-ring (bicyclic) bond motifs is 5. The second-order valence-corrected chi connectivity index (χ2v) is 16.9. The van der Waals surface area contributed by atoms with Crippen molar-refractivity contribution >= 4 is 53.7 Å². The average molecular weight is 860 g/mol. The van der Waals surface area contributed by atoms with Crippen molar-refractivity contribution in [3.05, 3.63) is 121 Å². The van der Waals surface area contributed by atoms with E-state index in [9.17, 15) is 5.11 Å². The van der Waals surface area contributed by atoms with Crippen LogP contribution in [0.15, 0.2) is 97.0 Å². The molecule has 1 radical (unpaired) electrons. The third-order valence-electron chi connectivity index (χ3n) is 8.80. The van der Waals surface area contributed by atoms with E-state index >= 15 is 0 Å². The Hall–Kier alpha value is -3.70. The summed E-state index contributed by atoms with van der Waals surface area (Å²) < 4.78 is 2.66. The molecule has 1 aliphatic heterocycles. The summed E-state index contributed by atoms with van der Waals surface area (Å²) in [6.45, 7) is 19.7. The molecule has 6 heteroatoms. The first-order valence-corrected chi connectivity index (χ1v) is 18.1. The second-order valence-electron chi connectivity index (χ2n) is 15.9. The molecule has 1 aliphatic rings. The number of anilines is 2. The molecular weight excluding hydrogens is 811 g/mol. The number of hydrogen-bond donors (Lipinski definition) is 1. The van der Waals surface area contributed by atoms with E-state index in [4.69, 9.17) is 4.98 Å². The Morgan fingerprint density at radius 3 is 2.24 bits per heavy atom. The Morgan fingerprint density at radius 1 is 0.880 bits per heavy atom. The number of aliphatic hydroxyl groups excluding tert-OH is 1. The van der Waals surface area contributed by atoms with Crippen molar-refractivity contribution in [3.63, 3.8) is 0 Å². The first-order valence-electron chi connectivity index (χ1n) is 17.3. The fourth-order valence-electron chi connectivity index (χ4n) is 6.70. The number of para-hydroxylation sites is 2. The van der Waals surface area contributed by atoms with Gasteiger partial charge in [-0.25, -0.2) is 0 Å². The molecule has 3 heterocycles.